The van der Waals surface area contributed by atoms with Crippen LogP contribution in [0.5, 0.6) is 0 Å². The van der Waals surface area contributed by atoms with Gasteiger partial charge in [-0.15, -0.1) is 0 Å². The van der Waals surface area contributed by atoms with Crippen LogP contribution in [-0.2, 0) is 42.7 Å². The standard InChI is InChI=1S/C46H65NO11/c1-10-31-12-11-13-39(58-41-19-18-38(47(5)6)26(3)55-41)25(2)43(49)37-23-35-33-22-32(57-46(51)44(53-8)27(4)52-7)20-30(33)21-34(42(35)36(37)24-40(48)56-31)28-14-16-29(17-15-28)45(50)54-9/h14-17,21,23,25-26,30-33,35-36,38-39,41-42,46,51H,10-13,18-20,22,24H2,1-9H3/b44-27+/t25-,26?,30?,31+,32-,33-,35+,36-,38+,39+,41+,42?,46+/m1/s1. The lowest BCUT2D eigenvalue weighted by Gasteiger charge is -2.40. The van der Waals surface area contributed by atoms with Crippen LogP contribution in [0.15, 0.2) is 53.5 Å². The van der Waals surface area contributed by atoms with Crippen LogP contribution in [0.3, 0.4) is 0 Å². The molecule has 0 radical (unpaired) electrons. The van der Waals surface area contributed by atoms with E-state index in [-0.39, 0.29) is 72.0 Å². The Morgan fingerprint density at radius 2 is 1.69 bits per heavy atom. The number of fused-ring (bicyclic) bond motifs is 5. The normalized spacial score (nSPS) is 35.2. The van der Waals surface area contributed by atoms with E-state index >= 15 is 4.79 Å². The third-order valence-corrected chi connectivity index (χ3v) is 13.6. The maximum atomic E-state index is 15.1. The lowest BCUT2D eigenvalue weighted by Crippen LogP contribution is -2.47. The summed E-state index contributed by atoms with van der Waals surface area (Å²) in [6, 6.07) is 7.65. The lowest BCUT2D eigenvalue weighted by atomic mass is 9.65. The van der Waals surface area contributed by atoms with E-state index in [0.717, 1.165) is 30.4 Å². The largest absolute Gasteiger partial charge is 0.498 e. The maximum absolute atomic E-state index is 15.1. The van der Waals surface area contributed by atoms with Crippen molar-refractivity contribution in [2.45, 2.75) is 129 Å². The zero-order valence-corrected chi connectivity index (χ0v) is 35.8. The molecule has 3 aliphatic carbocycles. The minimum atomic E-state index is -1.32. The quantitative estimate of drug-likeness (QED) is 0.142. The fraction of sp³-hybridized carbons (Fsp3) is 0.674. The Balaban J connectivity index is 1.36. The second-order valence-corrected chi connectivity index (χ2v) is 17.1. The van der Waals surface area contributed by atoms with Crippen molar-refractivity contribution in [3.8, 4) is 0 Å². The molecule has 12 heteroatoms. The number of likely N-dealkylation sites (N-methyl/N-ethyl adjacent to an activating group) is 1. The smallest absolute Gasteiger partial charge is 0.337 e. The van der Waals surface area contributed by atoms with Crippen molar-refractivity contribution in [3.05, 3.63) is 64.6 Å². The number of nitrogens with zero attached hydrogens (tertiary/aromatic N) is 1. The van der Waals surface area contributed by atoms with Crippen molar-refractivity contribution < 1.29 is 52.6 Å². The van der Waals surface area contributed by atoms with Gasteiger partial charge < -0.3 is 43.2 Å². The topological polar surface area (TPSA) is 139 Å². The number of carbonyl (C=O) groups excluding carboxylic acids is 3. The molecular formula is C46H65NO11. The number of Topliss-reactive ketones (excluding diaryl/α,β-unsaturated/α-hetero) is 1. The average molecular weight is 808 g/mol. The van der Waals surface area contributed by atoms with Crippen molar-refractivity contribution in [2.24, 2.45) is 35.5 Å². The average Bonchev–Trinajstić information content (AvgIpc) is 3.79. The van der Waals surface area contributed by atoms with Crippen molar-refractivity contribution >= 4 is 23.3 Å². The summed E-state index contributed by atoms with van der Waals surface area (Å²) in [5.41, 5.74) is 3.01. The minimum Gasteiger partial charge on any atom is -0.498 e. The Morgan fingerprint density at radius 1 is 0.948 bits per heavy atom. The Kier molecular flexibility index (Phi) is 14.6. The van der Waals surface area contributed by atoms with E-state index in [0.29, 0.717) is 55.0 Å². The molecule has 2 aliphatic heterocycles. The molecule has 2 heterocycles. The van der Waals surface area contributed by atoms with E-state index < -0.39 is 30.4 Å². The van der Waals surface area contributed by atoms with Gasteiger partial charge in [-0.05, 0) is 132 Å². The SMILES string of the molecule is CC[C@H]1CCC[C@H](O[C@H]2CC[C@H](N(C)C)C(C)O2)[C@@H](C)C(=O)C2=C[C@@H]3C(C(c4ccc(C(=O)OC)cc4)=CC4C[C@@H](O[C@H](O)/C(OC)=C(/C)OC)C[C@H]43)[C@@H]2CC(=O)O1. The Labute approximate surface area is 344 Å². The summed E-state index contributed by atoms with van der Waals surface area (Å²) in [5.74, 6) is -1.21. The number of rotatable bonds is 11. The third-order valence-electron chi connectivity index (χ3n) is 13.6. The van der Waals surface area contributed by atoms with Crippen LogP contribution in [-0.4, -0.2) is 106 Å². The zero-order chi connectivity index (χ0) is 41.8. The van der Waals surface area contributed by atoms with Crippen molar-refractivity contribution in [2.75, 3.05) is 35.4 Å². The van der Waals surface area contributed by atoms with E-state index in [1.807, 2.05) is 26.0 Å². The molecule has 1 aromatic rings. The maximum Gasteiger partial charge on any atom is 0.337 e. The minimum absolute atomic E-state index is 0.0112. The number of aliphatic hydroxyl groups is 1. The highest BCUT2D eigenvalue weighted by atomic mass is 16.7. The first-order valence-electron chi connectivity index (χ1n) is 21.2. The number of hydrogen-bond donors (Lipinski definition) is 1. The molecule has 2 saturated heterocycles. The predicted octanol–water partition coefficient (Wildman–Crippen LogP) is 6.85. The molecule has 3 unspecified atom stereocenters. The number of ketones is 1. The number of esters is 2. The summed E-state index contributed by atoms with van der Waals surface area (Å²) >= 11 is 0. The van der Waals surface area contributed by atoms with Gasteiger partial charge in [0.15, 0.2) is 17.8 Å². The van der Waals surface area contributed by atoms with Gasteiger partial charge in [0.25, 0.3) is 0 Å². The first-order valence-corrected chi connectivity index (χ1v) is 21.2. The summed E-state index contributed by atoms with van der Waals surface area (Å²) < 4.78 is 41.4. The first-order chi connectivity index (χ1) is 27.8. The molecule has 0 bridgehead atoms. The molecule has 6 rings (SSSR count). The fourth-order valence-corrected chi connectivity index (χ4v) is 10.4. The Morgan fingerprint density at radius 3 is 2.33 bits per heavy atom. The number of benzene rings is 1. The summed E-state index contributed by atoms with van der Waals surface area (Å²) in [7, 11) is 8.48. The van der Waals surface area contributed by atoms with Crippen LogP contribution >= 0.6 is 0 Å². The van der Waals surface area contributed by atoms with Crippen LogP contribution in [0, 0.1) is 35.5 Å². The molecule has 3 fully saturated rings. The van der Waals surface area contributed by atoms with Crippen molar-refractivity contribution in [3.63, 3.8) is 0 Å². The van der Waals surface area contributed by atoms with Crippen LogP contribution < -0.4 is 0 Å². The second kappa shape index (κ2) is 19.2. The molecule has 1 N–H and O–H groups in total. The number of ether oxygens (including phenoxy) is 7. The van der Waals surface area contributed by atoms with Gasteiger partial charge in [0.2, 0.25) is 6.29 Å². The van der Waals surface area contributed by atoms with Gasteiger partial charge >= 0.3 is 11.9 Å². The lowest BCUT2D eigenvalue weighted by molar-refractivity contribution is -0.231. The summed E-state index contributed by atoms with van der Waals surface area (Å²) in [4.78, 5) is 43.6. The number of allylic oxidation sites excluding steroid dienone is 5. The van der Waals surface area contributed by atoms with Gasteiger partial charge in [0.1, 0.15) is 11.9 Å². The molecule has 320 valence electrons. The highest BCUT2D eigenvalue weighted by Crippen LogP contribution is 2.58. The molecule has 1 saturated carbocycles. The molecule has 0 aromatic heterocycles. The van der Waals surface area contributed by atoms with Gasteiger partial charge in [-0.3, -0.25) is 9.59 Å². The number of carbonyl (C=O) groups is 3. The van der Waals surface area contributed by atoms with Crippen molar-refractivity contribution in [1.29, 1.82) is 0 Å². The molecule has 0 amide bonds. The van der Waals surface area contributed by atoms with Gasteiger partial charge in [-0.25, -0.2) is 4.79 Å². The number of aliphatic hydroxyl groups excluding tert-OH is 1. The molecule has 58 heavy (non-hydrogen) atoms. The number of cyclic esters (lactones) is 1. The molecule has 1 aromatic carbocycles. The summed E-state index contributed by atoms with van der Waals surface area (Å²) in [6.07, 6.45) is 7.54. The number of methoxy groups -OCH3 is 3. The van der Waals surface area contributed by atoms with Gasteiger partial charge in [0, 0.05) is 17.9 Å². The highest BCUT2D eigenvalue weighted by Gasteiger charge is 2.53. The first kappa shape index (κ1) is 44.0. The van der Waals surface area contributed by atoms with Gasteiger partial charge in [0.05, 0.1) is 51.6 Å². The summed E-state index contributed by atoms with van der Waals surface area (Å²) in [6.45, 7) is 7.80. The molecular weight excluding hydrogens is 743 g/mol. The third kappa shape index (κ3) is 9.41. The van der Waals surface area contributed by atoms with Crippen LogP contribution in [0.1, 0.15) is 101 Å². The van der Waals surface area contributed by atoms with Gasteiger partial charge in [-0.1, -0.05) is 38.1 Å². The zero-order valence-electron chi connectivity index (χ0n) is 35.8. The van der Waals surface area contributed by atoms with Crippen LogP contribution in [0.25, 0.3) is 5.57 Å². The molecule has 5 aliphatic rings. The van der Waals surface area contributed by atoms with Crippen LogP contribution in [0.4, 0.5) is 0 Å². The van der Waals surface area contributed by atoms with E-state index in [1.165, 1.54) is 21.3 Å². The van der Waals surface area contributed by atoms with E-state index in [1.54, 1.807) is 19.1 Å². The monoisotopic (exact) mass is 807 g/mol. The summed E-state index contributed by atoms with van der Waals surface area (Å²) in [5, 5.41) is 11.1. The van der Waals surface area contributed by atoms with Crippen molar-refractivity contribution in [1.82, 2.24) is 4.90 Å². The molecule has 0 spiro atoms. The molecule has 13 atom stereocenters. The van der Waals surface area contributed by atoms with Gasteiger partial charge in [-0.2, -0.15) is 0 Å². The van der Waals surface area contributed by atoms with E-state index in [4.69, 9.17) is 33.2 Å². The predicted molar refractivity (Wildman–Crippen MR) is 217 cm³/mol. The van der Waals surface area contributed by atoms with E-state index in [2.05, 4.69) is 38.1 Å². The molecule has 12 nitrogen and oxygen atoms in total. The second-order valence-electron chi connectivity index (χ2n) is 17.1. The Bertz CT molecular complexity index is 1720. The van der Waals surface area contributed by atoms with E-state index in [9.17, 15) is 14.7 Å². The highest BCUT2D eigenvalue weighted by molar-refractivity contribution is 6.00. The van der Waals surface area contributed by atoms with Crippen LogP contribution in [0.2, 0.25) is 0 Å². The number of hydrogen-bond acceptors (Lipinski definition) is 12. The fourth-order valence-electron chi connectivity index (χ4n) is 10.4. The Hall–Kier alpha value is -3.55.